The lowest BCUT2D eigenvalue weighted by Crippen LogP contribution is -2.28. The Morgan fingerprint density at radius 2 is 2.15 bits per heavy atom. The molecule has 0 saturated carbocycles. The number of hydrogen-bond donors (Lipinski definition) is 0. The molecule has 0 radical (unpaired) electrons. The van der Waals surface area contributed by atoms with Gasteiger partial charge in [0.2, 0.25) is 0 Å². The summed E-state index contributed by atoms with van der Waals surface area (Å²) in [6.07, 6.45) is 1.85. The lowest BCUT2D eigenvalue weighted by atomic mass is 10.1. The van der Waals surface area contributed by atoms with E-state index in [0.717, 1.165) is 18.1 Å². The molecular weight excluding hydrogens is 162 g/mol. The first-order valence-corrected chi connectivity index (χ1v) is 4.39. The highest BCUT2D eigenvalue weighted by molar-refractivity contribution is 5.98. The largest absolute Gasteiger partial charge is 0.332 e. The van der Waals surface area contributed by atoms with Crippen molar-refractivity contribution in [2.75, 3.05) is 11.9 Å². The number of aromatic nitrogens is 1. The fourth-order valence-corrected chi connectivity index (χ4v) is 1.66. The van der Waals surface area contributed by atoms with Gasteiger partial charge in [0.05, 0.1) is 17.9 Å². The van der Waals surface area contributed by atoms with Crippen LogP contribution in [0.2, 0.25) is 0 Å². The van der Waals surface area contributed by atoms with Crippen LogP contribution in [0.1, 0.15) is 18.2 Å². The van der Waals surface area contributed by atoms with Crippen molar-refractivity contribution in [1.82, 2.24) is 4.98 Å². The SMILES string of the molecule is CC1=NCc2ccnc(C)c2N1C. The maximum absolute atomic E-state index is 4.41. The molecule has 0 fully saturated rings. The fourth-order valence-electron chi connectivity index (χ4n) is 1.66. The van der Waals surface area contributed by atoms with Crippen molar-refractivity contribution in [3.63, 3.8) is 0 Å². The first-order valence-electron chi connectivity index (χ1n) is 4.39. The quantitative estimate of drug-likeness (QED) is 0.601. The summed E-state index contributed by atoms with van der Waals surface area (Å²) in [7, 11) is 2.03. The number of pyridine rings is 1. The van der Waals surface area contributed by atoms with E-state index in [2.05, 4.69) is 14.9 Å². The molecule has 0 atom stereocenters. The minimum atomic E-state index is 0.787. The number of nitrogens with zero attached hydrogens (tertiary/aromatic N) is 3. The molecule has 68 valence electrons. The molecule has 0 aliphatic carbocycles. The molecule has 0 N–H and O–H groups in total. The molecule has 0 aromatic carbocycles. The van der Waals surface area contributed by atoms with E-state index in [0.29, 0.717) is 0 Å². The minimum absolute atomic E-state index is 0.787. The monoisotopic (exact) mass is 175 g/mol. The van der Waals surface area contributed by atoms with Gasteiger partial charge >= 0.3 is 0 Å². The van der Waals surface area contributed by atoms with Gasteiger partial charge in [0.1, 0.15) is 5.84 Å². The first kappa shape index (κ1) is 8.23. The van der Waals surface area contributed by atoms with Crippen LogP contribution in [0.25, 0.3) is 0 Å². The average molecular weight is 175 g/mol. The normalized spacial score (nSPS) is 15.3. The molecule has 3 heteroatoms. The van der Waals surface area contributed by atoms with E-state index in [1.165, 1.54) is 11.3 Å². The van der Waals surface area contributed by atoms with Crippen LogP contribution in [0.5, 0.6) is 0 Å². The lowest BCUT2D eigenvalue weighted by Gasteiger charge is -2.26. The summed E-state index contributed by atoms with van der Waals surface area (Å²) in [5.74, 6) is 1.06. The van der Waals surface area contributed by atoms with E-state index in [4.69, 9.17) is 0 Å². The molecule has 1 aromatic heterocycles. The van der Waals surface area contributed by atoms with Gasteiger partial charge in [-0.05, 0) is 19.9 Å². The Morgan fingerprint density at radius 1 is 1.38 bits per heavy atom. The van der Waals surface area contributed by atoms with Crippen molar-refractivity contribution in [2.45, 2.75) is 20.4 Å². The molecule has 2 rings (SSSR count). The third-order valence-corrected chi connectivity index (χ3v) is 2.49. The van der Waals surface area contributed by atoms with Crippen molar-refractivity contribution in [3.05, 3.63) is 23.5 Å². The first-order chi connectivity index (χ1) is 6.20. The Morgan fingerprint density at radius 3 is 2.92 bits per heavy atom. The number of hydrogen-bond acceptors (Lipinski definition) is 3. The van der Waals surface area contributed by atoms with Crippen LogP contribution >= 0.6 is 0 Å². The smallest absolute Gasteiger partial charge is 0.100 e. The average Bonchev–Trinajstić information content (AvgIpc) is 2.12. The second kappa shape index (κ2) is 2.83. The number of rotatable bonds is 0. The summed E-state index contributed by atoms with van der Waals surface area (Å²) in [6.45, 7) is 4.85. The van der Waals surface area contributed by atoms with Crippen molar-refractivity contribution < 1.29 is 0 Å². The van der Waals surface area contributed by atoms with Crippen LogP contribution in [0.3, 0.4) is 0 Å². The van der Waals surface area contributed by atoms with Gasteiger partial charge in [-0.25, -0.2) is 0 Å². The Bertz CT molecular complexity index is 368. The predicted octanol–water partition coefficient (Wildman–Crippen LogP) is 1.76. The van der Waals surface area contributed by atoms with Gasteiger partial charge in [-0.3, -0.25) is 9.98 Å². The minimum Gasteiger partial charge on any atom is -0.332 e. The van der Waals surface area contributed by atoms with Gasteiger partial charge in [-0.1, -0.05) is 0 Å². The second-order valence-corrected chi connectivity index (χ2v) is 3.33. The van der Waals surface area contributed by atoms with Crippen molar-refractivity contribution >= 4 is 11.5 Å². The van der Waals surface area contributed by atoms with Crippen LogP contribution in [0.4, 0.5) is 5.69 Å². The van der Waals surface area contributed by atoms with E-state index in [1.807, 2.05) is 33.2 Å². The van der Waals surface area contributed by atoms with E-state index in [9.17, 15) is 0 Å². The van der Waals surface area contributed by atoms with Crippen molar-refractivity contribution in [1.29, 1.82) is 0 Å². The van der Waals surface area contributed by atoms with Crippen LogP contribution in [-0.4, -0.2) is 17.9 Å². The predicted molar refractivity (Wildman–Crippen MR) is 54.2 cm³/mol. The molecular formula is C10H13N3. The highest BCUT2D eigenvalue weighted by Crippen LogP contribution is 2.26. The molecule has 1 aliphatic rings. The van der Waals surface area contributed by atoms with Crippen LogP contribution in [-0.2, 0) is 6.54 Å². The zero-order chi connectivity index (χ0) is 9.42. The van der Waals surface area contributed by atoms with E-state index in [1.54, 1.807) is 0 Å². The summed E-state index contributed by atoms with van der Waals surface area (Å²) in [5.41, 5.74) is 3.56. The van der Waals surface area contributed by atoms with E-state index < -0.39 is 0 Å². The summed E-state index contributed by atoms with van der Waals surface area (Å²) >= 11 is 0. The Hall–Kier alpha value is -1.38. The highest BCUT2D eigenvalue weighted by Gasteiger charge is 2.16. The molecule has 0 spiro atoms. The Balaban J connectivity index is 2.57. The lowest BCUT2D eigenvalue weighted by molar-refractivity contribution is 0.967. The van der Waals surface area contributed by atoms with Crippen LogP contribution < -0.4 is 4.90 Å². The number of aryl methyl sites for hydroxylation is 1. The number of aliphatic imine (C=N–C) groups is 1. The van der Waals surface area contributed by atoms with Gasteiger partial charge in [0, 0.05) is 18.8 Å². The van der Waals surface area contributed by atoms with Crippen molar-refractivity contribution in [3.8, 4) is 0 Å². The third-order valence-electron chi connectivity index (χ3n) is 2.49. The van der Waals surface area contributed by atoms with Crippen LogP contribution in [0.15, 0.2) is 17.3 Å². The third kappa shape index (κ3) is 1.20. The molecule has 3 nitrogen and oxygen atoms in total. The zero-order valence-corrected chi connectivity index (χ0v) is 8.20. The highest BCUT2D eigenvalue weighted by atomic mass is 15.2. The summed E-state index contributed by atoms with van der Waals surface area (Å²) in [5, 5.41) is 0. The second-order valence-electron chi connectivity index (χ2n) is 3.33. The fraction of sp³-hybridized carbons (Fsp3) is 0.400. The molecule has 0 unspecified atom stereocenters. The zero-order valence-electron chi connectivity index (χ0n) is 8.20. The molecule has 0 bridgehead atoms. The molecule has 2 heterocycles. The summed E-state index contributed by atoms with van der Waals surface area (Å²) in [4.78, 5) is 10.8. The van der Waals surface area contributed by atoms with E-state index >= 15 is 0 Å². The van der Waals surface area contributed by atoms with Gasteiger partial charge in [0.25, 0.3) is 0 Å². The Labute approximate surface area is 78.1 Å². The van der Waals surface area contributed by atoms with Gasteiger partial charge in [-0.15, -0.1) is 0 Å². The van der Waals surface area contributed by atoms with Gasteiger partial charge < -0.3 is 4.90 Å². The Kier molecular flexibility index (Phi) is 1.79. The summed E-state index contributed by atoms with van der Waals surface area (Å²) in [6, 6.07) is 2.04. The molecule has 0 saturated heterocycles. The van der Waals surface area contributed by atoms with Gasteiger partial charge in [-0.2, -0.15) is 0 Å². The number of fused-ring (bicyclic) bond motifs is 1. The maximum atomic E-state index is 4.41. The van der Waals surface area contributed by atoms with Crippen LogP contribution in [0, 0.1) is 6.92 Å². The molecule has 1 aromatic rings. The van der Waals surface area contributed by atoms with Crippen molar-refractivity contribution in [2.24, 2.45) is 4.99 Å². The molecule has 13 heavy (non-hydrogen) atoms. The number of anilines is 1. The molecule has 0 amide bonds. The van der Waals surface area contributed by atoms with E-state index in [-0.39, 0.29) is 0 Å². The van der Waals surface area contributed by atoms with Gasteiger partial charge in [0.15, 0.2) is 0 Å². The molecule has 1 aliphatic heterocycles. The topological polar surface area (TPSA) is 28.5 Å². The number of amidine groups is 1. The summed E-state index contributed by atoms with van der Waals surface area (Å²) < 4.78 is 0. The standard InChI is InChI=1S/C10H13N3/c1-7-10-9(4-5-11-7)6-12-8(2)13(10)3/h4-5H,6H2,1-3H3. The maximum Gasteiger partial charge on any atom is 0.100 e.